The molecule has 30 heavy (non-hydrogen) atoms. The van der Waals surface area contributed by atoms with Crippen molar-refractivity contribution in [3.8, 4) is 10.8 Å². The molecule has 0 saturated heterocycles. The predicted octanol–water partition coefficient (Wildman–Crippen LogP) is 4.78. The van der Waals surface area contributed by atoms with E-state index in [0.29, 0.717) is 4.90 Å². The zero-order chi connectivity index (χ0) is 21.8. The lowest BCUT2D eigenvalue weighted by atomic mass is 10.3. The molecule has 2 amide bonds. The minimum atomic E-state index is -1.53. The highest BCUT2D eigenvalue weighted by atomic mass is 35.5. The first kappa shape index (κ1) is 22.1. The first-order valence-corrected chi connectivity index (χ1v) is 10.6. The highest BCUT2D eigenvalue weighted by Gasteiger charge is 2.18. The standard InChI is InChI=1S/C18H15ClF2N4O3S2/c1-22-30(27)13-3-4-14(21)15(8-13)25(2)18(26)24-17-23-9-16(29-17)28-12-6-10(19)5-11(20)7-12/h3-9,22H,1-2H3,(H,23,24,26). The van der Waals surface area contributed by atoms with Gasteiger partial charge in [-0.3, -0.25) is 10.2 Å². The van der Waals surface area contributed by atoms with E-state index < -0.39 is 28.7 Å². The fourth-order valence-corrected chi connectivity index (χ4v) is 3.87. The molecule has 0 aliphatic heterocycles. The average molecular weight is 473 g/mol. The van der Waals surface area contributed by atoms with Crippen molar-refractivity contribution in [1.29, 1.82) is 0 Å². The predicted molar refractivity (Wildman–Crippen MR) is 113 cm³/mol. The largest absolute Gasteiger partial charge is 0.445 e. The Morgan fingerprint density at radius 1 is 1.27 bits per heavy atom. The molecule has 0 radical (unpaired) electrons. The molecule has 1 unspecified atom stereocenters. The molecule has 3 aromatic rings. The van der Waals surface area contributed by atoms with Gasteiger partial charge in [0.15, 0.2) is 5.13 Å². The number of aromatic nitrogens is 1. The van der Waals surface area contributed by atoms with Gasteiger partial charge in [0.2, 0.25) is 5.06 Å². The van der Waals surface area contributed by atoms with E-state index in [1.807, 2.05) is 0 Å². The fourth-order valence-electron chi connectivity index (χ4n) is 2.34. The van der Waals surface area contributed by atoms with Gasteiger partial charge < -0.3 is 4.74 Å². The Morgan fingerprint density at radius 2 is 2.03 bits per heavy atom. The Balaban J connectivity index is 1.71. The Morgan fingerprint density at radius 3 is 2.73 bits per heavy atom. The molecule has 0 bridgehead atoms. The van der Waals surface area contributed by atoms with E-state index in [9.17, 15) is 17.8 Å². The fraction of sp³-hybridized carbons (Fsp3) is 0.111. The summed E-state index contributed by atoms with van der Waals surface area (Å²) in [4.78, 5) is 17.8. The molecule has 0 fully saturated rings. The summed E-state index contributed by atoms with van der Waals surface area (Å²) in [6, 6.07) is 6.86. The molecule has 2 aromatic carbocycles. The van der Waals surface area contributed by atoms with E-state index in [0.717, 1.165) is 34.4 Å². The maximum Gasteiger partial charge on any atom is 0.327 e. The molecule has 0 saturated carbocycles. The summed E-state index contributed by atoms with van der Waals surface area (Å²) in [5.41, 5.74) is -0.0592. The summed E-state index contributed by atoms with van der Waals surface area (Å²) in [7, 11) is 1.32. The Labute approximate surface area is 182 Å². The normalized spacial score (nSPS) is 11.8. The molecular weight excluding hydrogens is 458 g/mol. The lowest BCUT2D eigenvalue weighted by Gasteiger charge is -2.18. The third-order valence-corrected chi connectivity index (χ3v) is 5.80. The summed E-state index contributed by atoms with van der Waals surface area (Å²) in [6.07, 6.45) is 1.34. The van der Waals surface area contributed by atoms with Gasteiger partial charge in [-0.05, 0) is 37.4 Å². The van der Waals surface area contributed by atoms with Gasteiger partial charge in [-0.2, -0.15) is 0 Å². The summed E-state index contributed by atoms with van der Waals surface area (Å²) in [6.45, 7) is 0. The number of anilines is 2. The number of nitrogens with one attached hydrogen (secondary N) is 2. The van der Waals surface area contributed by atoms with Gasteiger partial charge in [0.1, 0.15) is 28.4 Å². The zero-order valence-corrected chi connectivity index (χ0v) is 18.0. The van der Waals surface area contributed by atoms with E-state index in [4.69, 9.17) is 16.3 Å². The number of halogens is 3. The van der Waals surface area contributed by atoms with Gasteiger partial charge >= 0.3 is 6.03 Å². The van der Waals surface area contributed by atoms with E-state index in [1.165, 1.54) is 38.5 Å². The summed E-state index contributed by atoms with van der Waals surface area (Å²) < 4.78 is 47.5. The number of rotatable bonds is 6. The van der Waals surface area contributed by atoms with E-state index in [-0.39, 0.29) is 26.7 Å². The van der Waals surface area contributed by atoms with Crippen LogP contribution in [0.15, 0.2) is 47.5 Å². The smallest absolute Gasteiger partial charge is 0.327 e. The molecule has 3 rings (SSSR count). The van der Waals surface area contributed by atoms with Crippen molar-refractivity contribution in [1.82, 2.24) is 9.71 Å². The lowest BCUT2D eigenvalue weighted by molar-refractivity contribution is 0.258. The van der Waals surface area contributed by atoms with Crippen LogP contribution in [-0.4, -0.2) is 29.3 Å². The lowest BCUT2D eigenvalue weighted by Crippen LogP contribution is -2.32. The molecule has 0 spiro atoms. The maximum absolute atomic E-state index is 14.2. The van der Waals surface area contributed by atoms with Gasteiger partial charge in [0.25, 0.3) is 0 Å². The highest BCUT2D eigenvalue weighted by Crippen LogP contribution is 2.32. The van der Waals surface area contributed by atoms with E-state index >= 15 is 0 Å². The molecule has 12 heteroatoms. The van der Waals surface area contributed by atoms with Gasteiger partial charge in [-0.25, -0.2) is 27.5 Å². The number of carbonyl (C=O) groups is 1. The van der Waals surface area contributed by atoms with Gasteiger partial charge in [0.05, 0.1) is 16.8 Å². The number of amides is 2. The number of hydrogen-bond donors (Lipinski definition) is 2. The summed E-state index contributed by atoms with van der Waals surface area (Å²) in [5.74, 6) is -1.04. The molecule has 158 valence electrons. The Kier molecular flexibility index (Phi) is 6.98. The number of urea groups is 1. The number of benzene rings is 2. The van der Waals surface area contributed by atoms with Crippen LogP contribution in [0.3, 0.4) is 0 Å². The van der Waals surface area contributed by atoms with Crippen LogP contribution < -0.4 is 19.7 Å². The van der Waals surface area contributed by atoms with E-state index in [2.05, 4.69) is 15.0 Å². The number of nitrogens with zero attached hydrogens (tertiary/aromatic N) is 2. The van der Waals surface area contributed by atoms with Gasteiger partial charge in [0, 0.05) is 18.1 Å². The molecule has 1 atom stereocenters. The number of ether oxygens (including phenoxy) is 1. The van der Waals surface area contributed by atoms with Crippen LogP contribution >= 0.6 is 22.9 Å². The molecular formula is C18H15ClF2N4O3S2. The first-order valence-electron chi connectivity index (χ1n) is 8.30. The number of hydrogen-bond acceptors (Lipinski definition) is 5. The van der Waals surface area contributed by atoms with Crippen LogP contribution in [-0.2, 0) is 11.0 Å². The summed E-state index contributed by atoms with van der Waals surface area (Å²) >= 11 is 6.77. The molecule has 1 heterocycles. The average Bonchev–Trinajstić information content (AvgIpc) is 3.13. The minimum Gasteiger partial charge on any atom is -0.445 e. The monoisotopic (exact) mass is 472 g/mol. The summed E-state index contributed by atoms with van der Waals surface area (Å²) in [5, 5.41) is 3.15. The topological polar surface area (TPSA) is 83.6 Å². The van der Waals surface area contributed by atoms with Crippen molar-refractivity contribution >= 4 is 50.8 Å². The van der Waals surface area contributed by atoms with Crippen LogP contribution in [0.5, 0.6) is 10.8 Å². The Bertz CT molecular complexity index is 1090. The van der Waals surface area contributed by atoms with Gasteiger partial charge in [-0.15, -0.1) is 0 Å². The third kappa shape index (κ3) is 5.30. The second-order valence-corrected chi connectivity index (χ2v) is 8.61. The minimum absolute atomic E-state index is 0.0592. The molecule has 0 aliphatic rings. The second kappa shape index (κ2) is 9.47. The quantitative estimate of drug-likeness (QED) is 0.541. The number of carbonyl (C=O) groups excluding carboxylic acids is 1. The van der Waals surface area contributed by atoms with Crippen LogP contribution in [0.1, 0.15) is 0 Å². The third-order valence-electron chi connectivity index (χ3n) is 3.74. The van der Waals surface area contributed by atoms with Crippen molar-refractivity contribution in [2.24, 2.45) is 0 Å². The van der Waals surface area contributed by atoms with Crippen LogP contribution in [0.2, 0.25) is 5.02 Å². The Hall–Kier alpha value is -2.60. The van der Waals surface area contributed by atoms with Crippen molar-refractivity contribution in [2.75, 3.05) is 24.3 Å². The maximum atomic E-state index is 14.2. The number of thiazole rings is 1. The van der Waals surface area contributed by atoms with Crippen molar-refractivity contribution in [3.05, 3.63) is 59.3 Å². The molecule has 1 aromatic heterocycles. The van der Waals surface area contributed by atoms with Gasteiger partial charge in [-0.1, -0.05) is 22.9 Å². The SMILES string of the molecule is CNS(=O)c1ccc(F)c(N(C)C(=O)Nc2ncc(Oc3cc(F)cc(Cl)c3)s2)c1. The van der Waals surface area contributed by atoms with Crippen molar-refractivity contribution < 1.29 is 22.5 Å². The molecule has 7 nitrogen and oxygen atoms in total. The van der Waals surface area contributed by atoms with Crippen LogP contribution in [0.25, 0.3) is 0 Å². The molecule has 0 aliphatic carbocycles. The zero-order valence-electron chi connectivity index (χ0n) is 15.6. The highest BCUT2D eigenvalue weighted by molar-refractivity contribution is 7.83. The first-order chi connectivity index (χ1) is 14.3. The van der Waals surface area contributed by atoms with E-state index in [1.54, 1.807) is 0 Å². The van der Waals surface area contributed by atoms with Crippen molar-refractivity contribution in [2.45, 2.75) is 4.90 Å². The van der Waals surface area contributed by atoms with Crippen LogP contribution in [0.4, 0.5) is 24.4 Å². The molecule has 2 N–H and O–H groups in total. The second-order valence-electron chi connectivity index (χ2n) is 5.77. The van der Waals surface area contributed by atoms with Crippen LogP contribution in [0, 0.1) is 11.6 Å². The van der Waals surface area contributed by atoms with Crippen molar-refractivity contribution in [3.63, 3.8) is 0 Å².